The lowest BCUT2D eigenvalue weighted by Crippen LogP contribution is -2.17. The summed E-state index contributed by atoms with van der Waals surface area (Å²) in [5.41, 5.74) is 4.72. The second-order valence-corrected chi connectivity index (χ2v) is 7.63. The third-order valence-electron chi connectivity index (χ3n) is 4.99. The number of hydrogen-bond acceptors (Lipinski definition) is 4. The number of rotatable bonds is 7. The van der Waals surface area contributed by atoms with Gasteiger partial charge in [0.05, 0.1) is 11.8 Å². The molecule has 4 aromatic carbocycles. The van der Waals surface area contributed by atoms with Crippen molar-refractivity contribution in [1.29, 1.82) is 0 Å². The van der Waals surface area contributed by atoms with Gasteiger partial charge in [0.15, 0.2) is 0 Å². The van der Waals surface area contributed by atoms with E-state index >= 15 is 0 Å². The Kier molecular flexibility index (Phi) is 6.66. The first-order valence-electron chi connectivity index (χ1n) is 10.1. The van der Waals surface area contributed by atoms with E-state index in [1.165, 1.54) is 12.1 Å². The molecule has 0 aromatic heterocycles. The van der Waals surface area contributed by atoms with Gasteiger partial charge in [-0.25, -0.2) is 10.2 Å². The van der Waals surface area contributed by atoms with Crippen molar-refractivity contribution in [1.82, 2.24) is 5.43 Å². The van der Waals surface area contributed by atoms with E-state index in [0.717, 1.165) is 16.3 Å². The molecule has 2 N–H and O–H groups in total. The SMILES string of the molecule is O=C(O)c1ccc(COc2ccc3ccccc3c2/C=N\NC(=O)c2ccc(Cl)cc2)cc1. The molecule has 0 aliphatic carbocycles. The average molecular weight is 459 g/mol. The van der Waals surface area contributed by atoms with E-state index in [1.54, 1.807) is 42.6 Å². The lowest BCUT2D eigenvalue weighted by atomic mass is 10.0. The third kappa shape index (κ3) is 5.37. The molecule has 0 saturated heterocycles. The van der Waals surface area contributed by atoms with Crippen molar-refractivity contribution in [2.75, 3.05) is 0 Å². The van der Waals surface area contributed by atoms with Crippen LogP contribution >= 0.6 is 11.6 Å². The maximum absolute atomic E-state index is 12.3. The number of amides is 1. The quantitative estimate of drug-likeness (QED) is 0.281. The molecule has 33 heavy (non-hydrogen) atoms. The first-order valence-corrected chi connectivity index (χ1v) is 10.4. The number of aromatic carboxylic acids is 1. The smallest absolute Gasteiger partial charge is 0.335 e. The van der Waals surface area contributed by atoms with Gasteiger partial charge >= 0.3 is 5.97 Å². The molecule has 164 valence electrons. The Morgan fingerprint density at radius 1 is 0.909 bits per heavy atom. The van der Waals surface area contributed by atoms with E-state index in [2.05, 4.69) is 10.5 Å². The van der Waals surface area contributed by atoms with Crippen LogP contribution in [0.15, 0.2) is 90.0 Å². The maximum Gasteiger partial charge on any atom is 0.335 e. The fourth-order valence-corrected chi connectivity index (χ4v) is 3.39. The molecule has 0 aliphatic heterocycles. The largest absolute Gasteiger partial charge is 0.488 e. The second-order valence-electron chi connectivity index (χ2n) is 7.20. The molecule has 0 fully saturated rings. The number of hydrazone groups is 1. The highest BCUT2D eigenvalue weighted by Gasteiger charge is 2.09. The Morgan fingerprint density at radius 3 is 2.33 bits per heavy atom. The summed E-state index contributed by atoms with van der Waals surface area (Å²) < 4.78 is 6.02. The molecule has 1 amide bonds. The summed E-state index contributed by atoms with van der Waals surface area (Å²) in [5, 5.41) is 15.6. The fraction of sp³-hybridized carbons (Fsp3) is 0.0385. The highest BCUT2D eigenvalue weighted by molar-refractivity contribution is 6.30. The van der Waals surface area contributed by atoms with E-state index < -0.39 is 5.97 Å². The zero-order valence-corrected chi connectivity index (χ0v) is 18.1. The van der Waals surface area contributed by atoms with Gasteiger partial charge in [0, 0.05) is 16.1 Å². The number of nitrogens with zero attached hydrogens (tertiary/aromatic N) is 1. The molecule has 0 saturated carbocycles. The molecule has 0 heterocycles. The van der Waals surface area contributed by atoms with Gasteiger partial charge in [0.25, 0.3) is 5.91 Å². The summed E-state index contributed by atoms with van der Waals surface area (Å²) in [4.78, 5) is 23.4. The maximum atomic E-state index is 12.3. The standard InChI is InChI=1S/C26H19ClN2O4/c27-21-12-9-19(10-13-21)25(30)29-28-15-23-22-4-2-1-3-18(22)11-14-24(23)33-16-17-5-7-20(8-6-17)26(31)32/h1-15H,16H2,(H,29,30)(H,31,32)/b28-15-. The summed E-state index contributed by atoms with van der Waals surface area (Å²) in [6, 6.07) is 24.6. The van der Waals surface area contributed by atoms with Crippen molar-refractivity contribution >= 4 is 40.5 Å². The first-order chi connectivity index (χ1) is 16.0. The summed E-state index contributed by atoms with van der Waals surface area (Å²) in [7, 11) is 0. The highest BCUT2D eigenvalue weighted by Crippen LogP contribution is 2.27. The second kappa shape index (κ2) is 9.97. The number of carboxylic acid groups (broad SMARTS) is 1. The molecule has 6 nitrogen and oxygen atoms in total. The molecule has 7 heteroatoms. The number of benzene rings is 4. The van der Waals surface area contributed by atoms with Gasteiger partial charge in [-0.2, -0.15) is 5.10 Å². The summed E-state index contributed by atoms with van der Waals surface area (Å²) in [6.07, 6.45) is 1.55. The first kappa shape index (κ1) is 22.0. The number of ether oxygens (including phenoxy) is 1. The van der Waals surface area contributed by atoms with E-state index in [-0.39, 0.29) is 18.1 Å². The molecule has 0 spiro atoms. The van der Waals surface area contributed by atoms with Crippen molar-refractivity contribution in [3.8, 4) is 5.75 Å². The molecule has 4 aromatic rings. The van der Waals surface area contributed by atoms with Crippen molar-refractivity contribution in [2.24, 2.45) is 5.10 Å². The van der Waals surface area contributed by atoms with Crippen LogP contribution in [0.4, 0.5) is 0 Å². The fourth-order valence-electron chi connectivity index (χ4n) is 3.26. The van der Waals surface area contributed by atoms with Crippen LogP contribution in [0, 0.1) is 0 Å². The van der Waals surface area contributed by atoms with Gasteiger partial charge in [-0.3, -0.25) is 4.79 Å². The highest BCUT2D eigenvalue weighted by atomic mass is 35.5. The van der Waals surface area contributed by atoms with Gasteiger partial charge in [-0.15, -0.1) is 0 Å². The third-order valence-corrected chi connectivity index (χ3v) is 5.24. The molecule has 0 unspecified atom stereocenters. The van der Waals surface area contributed by atoms with E-state index in [9.17, 15) is 9.59 Å². The van der Waals surface area contributed by atoms with Gasteiger partial charge < -0.3 is 9.84 Å². The topological polar surface area (TPSA) is 88.0 Å². The van der Waals surface area contributed by atoms with Crippen LogP contribution in [-0.4, -0.2) is 23.2 Å². The minimum Gasteiger partial charge on any atom is -0.488 e. The Hall–Kier alpha value is -4.16. The molecule has 0 atom stereocenters. The molecule has 0 aliphatic rings. The van der Waals surface area contributed by atoms with Crippen molar-refractivity contribution < 1.29 is 19.4 Å². The molecule has 0 bridgehead atoms. The van der Waals surface area contributed by atoms with E-state index in [4.69, 9.17) is 21.4 Å². The number of carboxylic acids is 1. The summed E-state index contributed by atoms with van der Waals surface area (Å²) in [5.74, 6) is -0.749. The zero-order chi connectivity index (χ0) is 23.2. The van der Waals surface area contributed by atoms with Crippen LogP contribution in [0.3, 0.4) is 0 Å². The zero-order valence-electron chi connectivity index (χ0n) is 17.4. The Bertz CT molecular complexity index is 1330. The predicted molar refractivity (Wildman–Crippen MR) is 128 cm³/mol. The average Bonchev–Trinajstić information content (AvgIpc) is 2.84. The molecule has 0 radical (unpaired) electrons. The monoisotopic (exact) mass is 458 g/mol. The van der Waals surface area contributed by atoms with E-state index in [0.29, 0.717) is 21.9 Å². The number of hydrogen-bond donors (Lipinski definition) is 2. The lowest BCUT2D eigenvalue weighted by molar-refractivity contribution is 0.0696. The Morgan fingerprint density at radius 2 is 1.61 bits per heavy atom. The van der Waals surface area contributed by atoms with Gasteiger partial charge in [0.2, 0.25) is 0 Å². The molecular weight excluding hydrogens is 440 g/mol. The van der Waals surface area contributed by atoms with Crippen LogP contribution < -0.4 is 10.2 Å². The molecule has 4 rings (SSSR count). The minimum absolute atomic E-state index is 0.216. The number of fused-ring (bicyclic) bond motifs is 1. The van der Waals surface area contributed by atoms with Crippen LogP contribution in [0.1, 0.15) is 31.8 Å². The van der Waals surface area contributed by atoms with Crippen molar-refractivity contribution in [3.05, 3.63) is 112 Å². The number of carbonyl (C=O) groups is 2. The predicted octanol–water partition coefficient (Wildman–Crippen LogP) is 5.53. The lowest BCUT2D eigenvalue weighted by Gasteiger charge is -2.12. The minimum atomic E-state index is -0.976. The normalized spacial score (nSPS) is 10.9. The van der Waals surface area contributed by atoms with E-state index in [1.807, 2.05) is 36.4 Å². The van der Waals surface area contributed by atoms with Gasteiger partial charge in [-0.05, 0) is 58.8 Å². The van der Waals surface area contributed by atoms with Gasteiger partial charge in [-0.1, -0.05) is 54.1 Å². The van der Waals surface area contributed by atoms with Crippen LogP contribution in [0.5, 0.6) is 5.75 Å². The number of halogens is 1. The van der Waals surface area contributed by atoms with Crippen molar-refractivity contribution in [3.63, 3.8) is 0 Å². The number of nitrogens with one attached hydrogen (secondary N) is 1. The summed E-state index contributed by atoms with van der Waals surface area (Å²) in [6.45, 7) is 0.246. The van der Waals surface area contributed by atoms with Gasteiger partial charge in [0.1, 0.15) is 12.4 Å². The summed E-state index contributed by atoms with van der Waals surface area (Å²) >= 11 is 5.87. The Labute approximate surface area is 195 Å². The van der Waals surface area contributed by atoms with Crippen LogP contribution in [0.2, 0.25) is 5.02 Å². The van der Waals surface area contributed by atoms with Crippen LogP contribution in [-0.2, 0) is 6.61 Å². The number of carbonyl (C=O) groups excluding carboxylic acids is 1. The van der Waals surface area contributed by atoms with Crippen LogP contribution in [0.25, 0.3) is 10.8 Å². The Balaban J connectivity index is 1.55. The van der Waals surface area contributed by atoms with Crippen molar-refractivity contribution in [2.45, 2.75) is 6.61 Å². The molecular formula is C26H19ClN2O4.